The topological polar surface area (TPSA) is 64.7 Å². The molecule has 1 aromatic carbocycles. The fraction of sp³-hybridized carbons (Fsp3) is 0.579. The number of piperazine rings is 1. The molecule has 2 heterocycles. The molecule has 0 spiro atoms. The third-order valence-corrected chi connectivity index (χ3v) is 5.03. The Morgan fingerprint density at radius 3 is 2.56 bits per heavy atom. The third kappa shape index (κ3) is 6.96. The Bertz CT molecular complexity index is 615. The zero-order chi connectivity index (χ0) is 17.6. The van der Waals surface area contributed by atoms with E-state index >= 15 is 0 Å². The minimum atomic E-state index is -0.107. The second-order valence-electron chi connectivity index (χ2n) is 7.05. The molecule has 2 saturated heterocycles. The standard InChI is InChI=1S/C19H28N4O2.2ClH/c1-22-9-11-23(12-10-22)18(24)14-15-5-4-6-16(13-15)21-19(25)17-7-2-3-8-20-17;;/h4-6,13,17,20H,2-3,7-12,14H2,1H3,(H,21,25);2*1H/t17-;;/m1../s1. The Labute approximate surface area is 173 Å². The zero-order valence-electron chi connectivity index (χ0n) is 15.8. The lowest BCUT2D eigenvalue weighted by Crippen LogP contribution is -2.47. The number of amides is 2. The van der Waals surface area contributed by atoms with Crippen molar-refractivity contribution in [3.63, 3.8) is 0 Å². The molecule has 2 aliphatic heterocycles. The number of benzene rings is 1. The fourth-order valence-electron chi connectivity index (χ4n) is 3.41. The van der Waals surface area contributed by atoms with Gasteiger partial charge in [-0.25, -0.2) is 0 Å². The highest BCUT2D eigenvalue weighted by molar-refractivity contribution is 5.95. The SMILES string of the molecule is CN1CCN(C(=O)Cc2cccc(NC(=O)[C@H]3CCCCN3)c2)CC1.Cl.Cl. The first-order valence-electron chi connectivity index (χ1n) is 9.21. The second kappa shape index (κ2) is 11.5. The van der Waals surface area contributed by atoms with Gasteiger partial charge < -0.3 is 20.4 Å². The van der Waals surface area contributed by atoms with Gasteiger partial charge in [-0.05, 0) is 44.1 Å². The van der Waals surface area contributed by atoms with E-state index in [2.05, 4.69) is 22.6 Å². The maximum atomic E-state index is 12.5. The summed E-state index contributed by atoms with van der Waals surface area (Å²) in [6.45, 7) is 4.34. The Morgan fingerprint density at radius 2 is 1.89 bits per heavy atom. The quantitative estimate of drug-likeness (QED) is 0.786. The summed E-state index contributed by atoms with van der Waals surface area (Å²) in [6.07, 6.45) is 3.49. The van der Waals surface area contributed by atoms with E-state index in [4.69, 9.17) is 0 Å². The van der Waals surface area contributed by atoms with Gasteiger partial charge in [-0.1, -0.05) is 18.6 Å². The first-order valence-corrected chi connectivity index (χ1v) is 9.21. The lowest BCUT2D eigenvalue weighted by atomic mass is 10.0. The van der Waals surface area contributed by atoms with Gasteiger partial charge in [-0.2, -0.15) is 0 Å². The summed E-state index contributed by atoms with van der Waals surface area (Å²) in [6, 6.07) is 7.53. The highest BCUT2D eigenvalue weighted by Gasteiger charge is 2.21. The van der Waals surface area contributed by atoms with Crippen molar-refractivity contribution in [3.8, 4) is 0 Å². The maximum absolute atomic E-state index is 12.5. The molecule has 0 aliphatic carbocycles. The van der Waals surface area contributed by atoms with Crippen LogP contribution < -0.4 is 10.6 Å². The second-order valence-corrected chi connectivity index (χ2v) is 7.05. The van der Waals surface area contributed by atoms with Crippen molar-refractivity contribution in [2.75, 3.05) is 45.1 Å². The number of piperidine rings is 1. The van der Waals surface area contributed by atoms with Crippen molar-refractivity contribution in [2.45, 2.75) is 31.7 Å². The van der Waals surface area contributed by atoms with Crippen LogP contribution in [0.5, 0.6) is 0 Å². The molecule has 0 radical (unpaired) electrons. The number of hydrogen-bond donors (Lipinski definition) is 2. The molecular weight excluding hydrogens is 387 g/mol. The van der Waals surface area contributed by atoms with Crippen LogP contribution in [0.1, 0.15) is 24.8 Å². The van der Waals surface area contributed by atoms with Crippen LogP contribution in [0.2, 0.25) is 0 Å². The summed E-state index contributed by atoms with van der Waals surface area (Å²) in [4.78, 5) is 29.0. The number of halogens is 2. The highest BCUT2D eigenvalue weighted by Crippen LogP contribution is 2.15. The van der Waals surface area contributed by atoms with Gasteiger partial charge in [0.15, 0.2) is 0 Å². The van der Waals surface area contributed by atoms with Crippen molar-refractivity contribution in [2.24, 2.45) is 0 Å². The van der Waals surface area contributed by atoms with E-state index in [0.717, 1.165) is 63.2 Å². The normalized spacial score (nSPS) is 20.2. The molecule has 6 nitrogen and oxygen atoms in total. The fourth-order valence-corrected chi connectivity index (χ4v) is 3.41. The molecule has 152 valence electrons. The van der Waals surface area contributed by atoms with Gasteiger partial charge in [-0.15, -0.1) is 24.8 Å². The minimum absolute atomic E-state index is 0. The number of nitrogens with zero attached hydrogens (tertiary/aromatic N) is 2. The van der Waals surface area contributed by atoms with Crippen LogP contribution in [0, 0.1) is 0 Å². The molecule has 0 unspecified atom stereocenters. The first kappa shape index (κ1) is 23.7. The van der Waals surface area contributed by atoms with Crippen LogP contribution in [-0.4, -0.2) is 67.4 Å². The summed E-state index contributed by atoms with van der Waals surface area (Å²) in [5.74, 6) is 0.174. The average molecular weight is 417 g/mol. The molecule has 1 aromatic rings. The summed E-state index contributed by atoms with van der Waals surface area (Å²) in [7, 11) is 2.08. The van der Waals surface area contributed by atoms with Gasteiger partial charge in [0.2, 0.25) is 11.8 Å². The van der Waals surface area contributed by atoms with E-state index in [9.17, 15) is 9.59 Å². The number of rotatable bonds is 4. The van der Waals surface area contributed by atoms with E-state index in [0.29, 0.717) is 6.42 Å². The molecule has 3 rings (SSSR count). The predicted octanol–water partition coefficient (Wildman–Crippen LogP) is 1.93. The summed E-state index contributed by atoms with van der Waals surface area (Å²) in [5.41, 5.74) is 1.71. The van der Waals surface area contributed by atoms with Crippen molar-refractivity contribution >= 4 is 42.3 Å². The monoisotopic (exact) mass is 416 g/mol. The highest BCUT2D eigenvalue weighted by atomic mass is 35.5. The molecule has 0 bridgehead atoms. The van der Waals surface area contributed by atoms with E-state index in [1.54, 1.807) is 0 Å². The molecular formula is C19H30Cl2N4O2. The summed E-state index contributed by atoms with van der Waals surface area (Å²) in [5, 5.41) is 6.23. The van der Waals surface area contributed by atoms with Crippen molar-refractivity contribution in [1.29, 1.82) is 0 Å². The Morgan fingerprint density at radius 1 is 1.15 bits per heavy atom. The maximum Gasteiger partial charge on any atom is 0.241 e. The largest absolute Gasteiger partial charge is 0.340 e. The van der Waals surface area contributed by atoms with Gasteiger partial charge in [0, 0.05) is 31.9 Å². The minimum Gasteiger partial charge on any atom is -0.340 e. The number of hydrogen-bond acceptors (Lipinski definition) is 4. The summed E-state index contributed by atoms with van der Waals surface area (Å²) >= 11 is 0. The van der Waals surface area contributed by atoms with E-state index in [1.807, 2.05) is 29.2 Å². The van der Waals surface area contributed by atoms with E-state index in [-0.39, 0.29) is 42.7 Å². The third-order valence-electron chi connectivity index (χ3n) is 5.03. The van der Waals surface area contributed by atoms with Gasteiger partial charge >= 0.3 is 0 Å². The van der Waals surface area contributed by atoms with Crippen LogP contribution in [0.25, 0.3) is 0 Å². The molecule has 2 N–H and O–H groups in total. The average Bonchev–Trinajstić information content (AvgIpc) is 2.63. The van der Waals surface area contributed by atoms with Gasteiger partial charge in [0.05, 0.1) is 12.5 Å². The molecule has 2 fully saturated rings. The lowest BCUT2D eigenvalue weighted by Gasteiger charge is -2.32. The Hall–Kier alpha value is -1.34. The zero-order valence-corrected chi connectivity index (χ0v) is 17.4. The van der Waals surface area contributed by atoms with E-state index < -0.39 is 0 Å². The van der Waals surface area contributed by atoms with E-state index in [1.165, 1.54) is 0 Å². The Balaban J connectivity index is 0.00000182. The molecule has 0 saturated carbocycles. The van der Waals surface area contributed by atoms with Crippen LogP contribution in [0.4, 0.5) is 5.69 Å². The molecule has 2 amide bonds. The number of nitrogens with one attached hydrogen (secondary N) is 2. The summed E-state index contributed by atoms with van der Waals surface area (Å²) < 4.78 is 0. The first-order chi connectivity index (χ1) is 12.1. The number of anilines is 1. The van der Waals surface area contributed by atoms with Gasteiger partial charge in [0.25, 0.3) is 0 Å². The lowest BCUT2D eigenvalue weighted by molar-refractivity contribution is -0.132. The number of carbonyl (C=O) groups is 2. The van der Waals surface area contributed by atoms with Gasteiger partial charge in [0.1, 0.15) is 0 Å². The molecule has 1 atom stereocenters. The van der Waals surface area contributed by atoms with Crippen LogP contribution >= 0.6 is 24.8 Å². The van der Waals surface area contributed by atoms with Crippen molar-refractivity contribution in [3.05, 3.63) is 29.8 Å². The van der Waals surface area contributed by atoms with Crippen LogP contribution in [-0.2, 0) is 16.0 Å². The smallest absolute Gasteiger partial charge is 0.241 e. The van der Waals surface area contributed by atoms with Crippen LogP contribution in [0.15, 0.2) is 24.3 Å². The number of likely N-dealkylation sites (N-methyl/N-ethyl adjacent to an activating group) is 1. The predicted molar refractivity (Wildman–Crippen MR) is 113 cm³/mol. The molecule has 8 heteroatoms. The van der Waals surface area contributed by atoms with Crippen LogP contribution in [0.3, 0.4) is 0 Å². The van der Waals surface area contributed by atoms with Crippen molar-refractivity contribution in [1.82, 2.24) is 15.1 Å². The Kier molecular flexibility index (Phi) is 10.1. The van der Waals surface area contributed by atoms with Gasteiger partial charge in [-0.3, -0.25) is 9.59 Å². The molecule has 0 aromatic heterocycles. The van der Waals surface area contributed by atoms with Crippen molar-refractivity contribution < 1.29 is 9.59 Å². The molecule has 27 heavy (non-hydrogen) atoms. The molecule has 2 aliphatic rings. The number of carbonyl (C=O) groups excluding carboxylic acids is 2.